The summed E-state index contributed by atoms with van der Waals surface area (Å²) in [5, 5.41) is 12.9. The zero-order valence-electron chi connectivity index (χ0n) is 9.75. The Bertz CT molecular complexity index is 304. The predicted octanol–water partition coefficient (Wildman–Crippen LogP) is 2.12. The molecule has 0 fully saturated rings. The van der Waals surface area contributed by atoms with E-state index in [1.807, 2.05) is 6.07 Å². The summed E-state index contributed by atoms with van der Waals surface area (Å²) in [5.74, 6) is -0.247. The fourth-order valence-electron chi connectivity index (χ4n) is 1.58. The third-order valence-corrected chi connectivity index (χ3v) is 2.45. The highest BCUT2D eigenvalue weighted by Crippen LogP contribution is 2.06. The van der Waals surface area contributed by atoms with Gasteiger partial charge in [0.1, 0.15) is 5.82 Å². The highest BCUT2D eigenvalue weighted by molar-refractivity contribution is 5.17. The molecule has 2 nitrogen and oxygen atoms in total. The summed E-state index contributed by atoms with van der Waals surface area (Å²) in [5.41, 5.74) is 0.838. The molecule has 0 amide bonds. The van der Waals surface area contributed by atoms with Gasteiger partial charge in [-0.2, -0.15) is 0 Å². The number of benzene rings is 1. The van der Waals surface area contributed by atoms with Gasteiger partial charge in [0.15, 0.2) is 0 Å². The standard InChI is InChI=1S/C13H20FNO/c1-2-3-7-15-10-13(16)9-11-5-4-6-12(14)8-11/h4-6,8,13,15-16H,2-3,7,9-10H2,1H3. The van der Waals surface area contributed by atoms with Crippen LogP contribution in [0.25, 0.3) is 0 Å². The van der Waals surface area contributed by atoms with E-state index in [1.165, 1.54) is 12.1 Å². The van der Waals surface area contributed by atoms with E-state index in [0.29, 0.717) is 13.0 Å². The molecular formula is C13H20FNO. The number of halogens is 1. The minimum atomic E-state index is -0.446. The van der Waals surface area contributed by atoms with E-state index in [9.17, 15) is 9.50 Å². The fraction of sp³-hybridized carbons (Fsp3) is 0.538. The maximum absolute atomic E-state index is 12.9. The van der Waals surface area contributed by atoms with Crippen LogP contribution in [0, 0.1) is 5.82 Å². The summed E-state index contributed by atoms with van der Waals surface area (Å²) < 4.78 is 12.9. The summed E-state index contributed by atoms with van der Waals surface area (Å²) in [7, 11) is 0. The first-order chi connectivity index (χ1) is 7.72. The Hall–Kier alpha value is -0.930. The van der Waals surface area contributed by atoms with Gasteiger partial charge in [-0.3, -0.25) is 0 Å². The molecule has 1 unspecified atom stereocenters. The molecule has 90 valence electrons. The lowest BCUT2D eigenvalue weighted by molar-refractivity contribution is 0.172. The van der Waals surface area contributed by atoms with E-state index in [2.05, 4.69) is 12.2 Å². The van der Waals surface area contributed by atoms with Crippen LogP contribution >= 0.6 is 0 Å². The monoisotopic (exact) mass is 225 g/mol. The van der Waals surface area contributed by atoms with Gasteiger partial charge in [-0.15, -0.1) is 0 Å². The molecule has 1 rings (SSSR count). The molecule has 0 saturated carbocycles. The molecule has 0 spiro atoms. The molecule has 0 saturated heterocycles. The normalized spacial score (nSPS) is 12.7. The second kappa shape index (κ2) is 7.36. The van der Waals surface area contributed by atoms with Crippen LogP contribution in [0.4, 0.5) is 4.39 Å². The maximum atomic E-state index is 12.9. The van der Waals surface area contributed by atoms with Crippen molar-refractivity contribution in [2.24, 2.45) is 0 Å². The first-order valence-corrected chi connectivity index (χ1v) is 5.85. The fourth-order valence-corrected chi connectivity index (χ4v) is 1.58. The van der Waals surface area contributed by atoms with E-state index < -0.39 is 6.10 Å². The minimum Gasteiger partial charge on any atom is -0.391 e. The highest BCUT2D eigenvalue weighted by Gasteiger charge is 2.05. The average Bonchev–Trinajstić information content (AvgIpc) is 2.24. The van der Waals surface area contributed by atoms with Gasteiger partial charge >= 0.3 is 0 Å². The molecule has 3 heteroatoms. The van der Waals surface area contributed by atoms with Crippen LogP contribution in [0.5, 0.6) is 0 Å². The molecule has 0 aliphatic carbocycles. The van der Waals surface area contributed by atoms with E-state index in [-0.39, 0.29) is 5.82 Å². The number of hydrogen-bond donors (Lipinski definition) is 2. The van der Waals surface area contributed by atoms with Crippen LogP contribution in [0.3, 0.4) is 0 Å². The Labute approximate surface area is 96.5 Å². The zero-order valence-corrected chi connectivity index (χ0v) is 9.75. The van der Waals surface area contributed by atoms with Crippen LogP contribution in [0.15, 0.2) is 24.3 Å². The Morgan fingerprint density at radius 1 is 1.44 bits per heavy atom. The lowest BCUT2D eigenvalue weighted by atomic mass is 10.1. The van der Waals surface area contributed by atoms with Gasteiger partial charge in [-0.1, -0.05) is 25.5 Å². The lowest BCUT2D eigenvalue weighted by Crippen LogP contribution is -2.29. The Morgan fingerprint density at radius 2 is 2.25 bits per heavy atom. The zero-order chi connectivity index (χ0) is 11.8. The third-order valence-electron chi connectivity index (χ3n) is 2.45. The lowest BCUT2D eigenvalue weighted by Gasteiger charge is -2.11. The quantitative estimate of drug-likeness (QED) is 0.697. The van der Waals surface area contributed by atoms with Crippen LogP contribution in [-0.2, 0) is 6.42 Å². The molecule has 0 aliphatic rings. The molecule has 1 atom stereocenters. The summed E-state index contributed by atoms with van der Waals surface area (Å²) in [6, 6.07) is 6.38. The van der Waals surface area contributed by atoms with Gasteiger partial charge in [0.25, 0.3) is 0 Å². The van der Waals surface area contributed by atoms with Gasteiger partial charge in [-0.25, -0.2) is 4.39 Å². The van der Waals surface area contributed by atoms with Crippen molar-refractivity contribution in [2.75, 3.05) is 13.1 Å². The molecule has 0 heterocycles. The van der Waals surface area contributed by atoms with Crippen LogP contribution in [-0.4, -0.2) is 24.3 Å². The first kappa shape index (κ1) is 13.1. The second-order valence-electron chi connectivity index (χ2n) is 4.05. The van der Waals surface area contributed by atoms with E-state index in [4.69, 9.17) is 0 Å². The number of unbranched alkanes of at least 4 members (excludes halogenated alkanes) is 1. The predicted molar refractivity (Wildman–Crippen MR) is 63.9 cm³/mol. The van der Waals surface area contributed by atoms with Gasteiger partial charge in [-0.05, 0) is 37.1 Å². The molecule has 16 heavy (non-hydrogen) atoms. The molecule has 0 bridgehead atoms. The summed E-state index contributed by atoms with van der Waals surface area (Å²) in [4.78, 5) is 0. The van der Waals surface area contributed by atoms with E-state index >= 15 is 0 Å². The van der Waals surface area contributed by atoms with Crippen molar-refractivity contribution in [1.82, 2.24) is 5.32 Å². The Balaban J connectivity index is 2.25. The van der Waals surface area contributed by atoms with Crippen molar-refractivity contribution in [3.8, 4) is 0 Å². The first-order valence-electron chi connectivity index (χ1n) is 5.85. The summed E-state index contributed by atoms with van der Waals surface area (Å²) in [6.07, 6.45) is 2.31. The second-order valence-corrected chi connectivity index (χ2v) is 4.05. The summed E-state index contributed by atoms with van der Waals surface area (Å²) >= 11 is 0. The highest BCUT2D eigenvalue weighted by atomic mass is 19.1. The topological polar surface area (TPSA) is 32.3 Å². The third kappa shape index (κ3) is 5.24. The molecule has 1 aromatic carbocycles. The van der Waals surface area contributed by atoms with Crippen molar-refractivity contribution in [3.63, 3.8) is 0 Å². The number of hydrogen-bond acceptors (Lipinski definition) is 2. The minimum absolute atomic E-state index is 0.247. The number of aliphatic hydroxyl groups excluding tert-OH is 1. The van der Waals surface area contributed by atoms with Crippen LogP contribution in [0.2, 0.25) is 0 Å². The van der Waals surface area contributed by atoms with Gasteiger partial charge in [0, 0.05) is 6.54 Å². The van der Waals surface area contributed by atoms with Crippen LogP contribution < -0.4 is 5.32 Å². The van der Waals surface area contributed by atoms with Crippen molar-refractivity contribution in [1.29, 1.82) is 0 Å². The molecule has 0 aromatic heterocycles. The van der Waals surface area contributed by atoms with Gasteiger partial charge in [0.05, 0.1) is 6.10 Å². The van der Waals surface area contributed by atoms with Crippen molar-refractivity contribution < 1.29 is 9.50 Å². The average molecular weight is 225 g/mol. The smallest absolute Gasteiger partial charge is 0.123 e. The number of nitrogens with one attached hydrogen (secondary N) is 1. The molecule has 1 aromatic rings. The Kier molecular flexibility index (Phi) is 6.04. The van der Waals surface area contributed by atoms with Crippen molar-refractivity contribution >= 4 is 0 Å². The SMILES string of the molecule is CCCCNCC(O)Cc1cccc(F)c1. The maximum Gasteiger partial charge on any atom is 0.123 e. The van der Waals surface area contributed by atoms with E-state index in [1.54, 1.807) is 6.07 Å². The van der Waals surface area contributed by atoms with Gasteiger partial charge < -0.3 is 10.4 Å². The summed E-state index contributed by atoms with van der Waals surface area (Å²) in [6.45, 7) is 3.62. The van der Waals surface area contributed by atoms with Gasteiger partial charge in [0.2, 0.25) is 0 Å². The molecular weight excluding hydrogens is 205 g/mol. The number of rotatable bonds is 7. The van der Waals surface area contributed by atoms with E-state index in [0.717, 1.165) is 24.9 Å². The Morgan fingerprint density at radius 3 is 2.94 bits per heavy atom. The molecule has 0 radical (unpaired) electrons. The van der Waals surface area contributed by atoms with Crippen molar-refractivity contribution in [3.05, 3.63) is 35.6 Å². The largest absolute Gasteiger partial charge is 0.391 e. The van der Waals surface area contributed by atoms with Crippen LogP contribution in [0.1, 0.15) is 25.3 Å². The number of aliphatic hydroxyl groups is 1. The van der Waals surface area contributed by atoms with Crippen molar-refractivity contribution in [2.45, 2.75) is 32.3 Å². The molecule has 0 aliphatic heterocycles. The molecule has 2 N–H and O–H groups in total.